The minimum Gasteiger partial charge on any atom is -0.312 e. The van der Waals surface area contributed by atoms with E-state index in [1.165, 1.54) is 31.4 Å². The van der Waals surface area contributed by atoms with Gasteiger partial charge >= 0.3 is 0 Å². The van der Waals surface area contributed by atoms with E-state index in [1.807, 2.05) is 12.1 Å². The van der Waals surface area contributed by atoms with Gasteiger partial charge in [-0.1, -0.05) is 19.1 Å². The molecule has 1 N–H and O–H groups in total. The van der Waals surface area contributed by atoms with Gasteiger partial charge in [0.25, 0.3) is 0 Å². The molecule has 90 valence electrons. The highest BCUT2D eigenvalue weighted by Crippen LogP contribution is 2.47. The molecule has 1 aromatic rings. The third kappa shape index (κ3) is 3.46. The summed E-state index contributed by atoms with van der Waals surface area (Å²) < 4.78 is 12.6. The Labute approximate surface area is 103 Å². The van der Waals surface area contributed by atoms with Crippen molar-refractivity contribution in [3.8, 4) is 0 Å². The average Bonchev–Trinajstić information content (AvgIpc) is 3.02. The van der Waals surface area contributed by atoms with Gasteiger partial charge in [-0.05, 0) is 42.4 Å². The lowest BCUT2D eigenvalue weighted by Crippen LogP contribution is -2.23. The predicted molar refractivity (Wildman–Crippen MR) is 67.3 cm³/mol. The van der Waals surface area contributed by atoms with E-state index < -0.39 is 0 Å². The zero-order valence-electron chi connectivity index (χ0n) is 9.63. The van der Waals surface area contributed by atoms with Gasteiger partial charge in [-0.15, -0.1) is 12.4 Å². The second kappa shape index (κ2) is 5.65. The Bertz CT molecular complexity index is 319. The maximum Gasteiger partial charge on any atom is 0.123 e. The van der Waals surface area contributed by atoms with Gasteiger partial charge in [0.15, 0.2) is 0 Å². The highest BCUT2D eigenvalue weighted by Gasteiger charge is 2.39. The van der Waals surface area contributed by atoms with Crippen LogP contribution >= 0.6 is 12.4 Å². The molecule has 1 fully saturated rings. The smallest absolute Gasteiger partial charge is 0.123 e. The molecule has 1 aromatic carbocycles. The first-order chi connectivity index (χ1) is 7.24. The van der Waals surface area contributed by atoms with E-state index in [4.69, 9.17) is 0 Å². The molecule has 3 heteroatoms. The van der Waals surface area contributed by atoms with E-state index in [0.717, 1.165) is 18.7 Å². The number of nitrogens with one attached hydrogen (secondary N) is 1. The van der Waals surface area contributed by atoms with Crippen LogP contribution < -0.4 is 5.32 Å². The summed E-state index contributed by atoms with van der Waals surface area (Å²) in [7, 11) is 0. The predicted octanol–water partition coefficient (Wildman–Crippen LogP) is 3.53. The van der Waals surface area contributed by atoms with Gasteiger partial charge < -0.3 is 5.32 Å². The Morgan fingerprint density at radius 3 is 2.38 bits per heavy atom. The molecule has 2 rings (SSSR count). The summed E-state index contributed by atoms with van der Waals surface area (Å²) >= 11 is 0. The molecular formula is C13H19ClFN. The molecule has 0 atom stereocenters. The molecule has 0 saturated heterocycles. The van der Waals surface area contributed by atoms with E-state index in [9.17, 15) is 4.39 Å². The van der Waals surface area contributed by atoms with Gasteiger partial charge in [0.05, 0.1) is 0 Å². The molecule has 0 spiro atoms. The lowest BCUT2D eigenvalue weighted by Gasteiger charge is -2.13. The normalized spacial score (nSPS) is 16.6. The van der Waals surface area contributed by atoms with Crippen molar-refractivity contribution >= 4 is 12.4 Å². The molecule has 0 radical (unpaired) electrons. The van der Waals surface area contributed by atoms with Crippen LogP contribution in [0.15, 0.2) is 24.3 Å². The summed E-state index contributed by atoms with van der Waals surface area (Å²) in [6.45, 7) is 4.20. The molecule has 1 aliphatic rings. The topological polar surface area (TPSA) is 12.0 Å². The van der Waals surface area contributed by atoms with Crippen LogP contribution in [0.25, 0.3) is 0 Å². The summed E-state index contributed by atoms with van der Waals surface area (Å²) in [4.78, 5) is 0. The summed E-state index contributed by atoms with van der Waals surface area (Å²) in [5.74, 6) is -0.161. The Balaban J connectivity index is 0.00000128. The summed E-state index contributed by atoms with van der Waals surface area (Å²) in [5, 5.41) is 3.45. The van der Waals surface area contributed by atoms with E-state index in [2.05, 4.69) is 12.2 Å². The van der Waals surface area contributed by atoms with Crippen LogP contribution in [0.5, 0.6) is 0 Å². The monoisotopic (exact) mass is 243 g/mol. The van der Waals surface area contributed by atoms with Crippen LogP contribution in [-0.2, 0) is 6.54 Å². The molecular weight excluding hydrogens is 225 g/mol. The SMILES string of the molecule is CCC1(CNCc2ccc(F)cc2)CC1.Cl. The van der Waals surface area contributed by atoms with Gasteiger partial charge in [0.2, 0.25) is 0 Å². The molecule has 0 heterocycles. The number of hydrogen-bond acceptors (Lipinski definition) is 1. The summed E-state index contributed by atoms with van der Waals surface area (Å²) in [6, 6.07) is 6.72. The van der Waals surface area contributed by atoms with Crippen molar-refractivity contribution < 1.29 is 4.39 Å². The quantitative estimate of drug-likeness (QED) is 0.834. The van der Waals surface area contributed by atoms with Crippen LogP contribution in [0.2, 0.25) is 0 Å². The fourth-order valence-corrected chi connectivity index (χ4v) is 1.91. The maximum absolute atomic E-state index is 12.6. The Morgan fingerprint density at radius 1 is 1.25 bits per heavy atom. The molecule has 1 saturated carbocycles. The van der Waals surface area contributed by atoms with Crippen molar-refractivity contribution in [2.45, 2.75) is 32.7 Å². The molecule has 0 aliphatic heterocycles. The first-order valence-electron chi connectivity index (χ1n) is 5.69. The fourth-order valence-electron chi connectivity index (χ4n) is 1.91. The molecule has 0 unspecified atom stereocenters. The number of benzene rings is 1. The molecule has 0 bridgehead atoms. The zero-order valence-corrected chi connectivity index (χ0v) is 10.4. The lowest BCUT2D eigenvalue weighted by atomic mass is 10.0. The first kappa shape index (κ1) is 13.5. The van der Waals surface area contributed by atoms with Gasteiger partial charge in [-0.3, -0.25) is 0 Å². The van der Waals surface area contributed by atoms with Crippen LogP contribution in [0.4, 0.5) is 4.39 Å². The van der Waals surface area contributed by atoms with Crippen molar-refractivity contribution in [1.82, 2.24) is 5.32 Å². The van der Waals surface area contributed by atoms with Gasteiger partial charge in [-0.2, -0.15) is 0 Å². The standard InChI is InChI=1S/C13H18FN.ClH/c1-2-13(7-8-13)10-15-9-11-3-5-12(14)6-4-11;/h3-6,15H,2,7-10H2,1H3;1H. The fraction of sp³-hybridized carbons (Fsp3) is 0.538. The molecule has 0 amide bonds. The zero-order chi connectivity index (χ0) is 10.7. The van der Waals surface area contributed by atoms with Gasteiger partial charge in [0, 0.05) is 13.1 Å². The number of halogens is 2. The minimum atomic E-state index is -0.161. The van der Waals surface area contributed by atoms with Crippen molar-refractivity contribution in [2.24, 2.45) is 5.41 Å². The van der Waals surface area contributed by atoms with Crippen molar-refractivity contribution in [3.05, 3.63) is 35.6 Å². The van der Waals surface area contributed by atoms with Crippen molar-refractivity contribution in [1.29, 1.82) is 0 Å². The molecule has 0 aromatic heterocycles. The van der Waals surface area contributed by atoms with Crippen LogP contribution in [-0.4, -0.2) is 6.54 Å². The van der Waals surface area contributed by atoms with Gasteiger partial charge in [-0.25, -0.2) is 4.39 Å². The van der Waals surface area contributed by atoms with E-state index in [-0.39, 0.29) is 18.2 Å². The Morgan fingerprint density at radius 2 is 1.88 bits per heavy atom. The molecule has 1 nitrogen and oxygen atoms in total. The third-order valence-electron chi connectivity index (χ3n) is 3.45. The summed E-state index contributed by atoms with van der Waals surface area (Å²) in [5.41, 5.74) is 1.74. The van der Waals surface area contributed by atoms with Crippen molar-refractivity contribution in [2.75, 3.05) is 6.54 Å². The van der Waals surface area contributed by atoms with E-state index in [0.29, 0.717) is 5.41 Å². The second-order valence-corrected chi connectivity index (χ2v) is 4.58. The van der Waals surface area contributed by atoms with Crippen LogP contribution in [0.3, 0.4) is 0 Å². The minimum absolute atomic E-state index is 0. The first-order valence-corrected chi connectivity index (χ1v) is 5.69. The van der Waals surface area contributed by atoms with Gasteiger partial charge in [0.1, 0.15) is 5.82 Å². The summed E-state index contributed by atoms with van der Waals surface area (Å²) in [6.07, 6.45) is 3.99. The third-order valence-corrected chi connectivity index (χ3v) is 3.45. The molecule has 16 heavy (non-hydrogen) atoms. The van der Waals surface area contributed by atoms with Crippen LogP contribution in [0, 0.1) is 11.2 Å². The Hall–Kier alpha value is -0.600. The highest BCUT2D eigenvalue weighted by molar-refractivity contribution is 5.85. The number of hydrogen-bond donors (Lipinski definition) is 1. The largest absolute Gasteiger partial charge is 0.312 e. The van der Waals surface area contributed by atoms with E-state index >= 15 is 0 Å². The lowest BCUT2D eigenvalue weighted by molar-refractivity contribution is 0.443. The number of rotatable bonds is 5. The van der Waals surface area contributed by atoms with Crippen molar-refractivity contribution in [3.63, 3.8) is 0 Å². The second-order valence-electron chi connectivity index (χ2n) is 4.58. The average molecular weight is 244 g/mol. The van der Waals surface area contributed by atoms with E-state index in [1.54, 1.807) is 0 Å². The Kier molecular flexibility index (Phi) is 4.75. The maximum atomic E-state index is 12.6. The highest BCUT2D eigenvalue weighted by atomic mass is 35.5. The van der Waals surface area contributed by atoms with Crippen LogP contribution in [0.1, 0.15) is 31.7 Å². The molecule has 1 aliphatic carbocycles.